The standard InChI is InChI=1S/C16H12N6O3S/c23-15-14(12-3-1-2-4-13(12)18-15)19-21-16(26)20-17-9-10-5-7-11(8-6-10)22(24)25/h1-9,18,23H,(H,20,26). The maximum absolute atomic E-state index is 10.6. The minimum atomic E-state index is -0.477. The highest BCUT2D eigenvalue weighted by Crippen LogP contribution is 2.35. The van der Waals surface area contributed by atoms with Crippen LogP contribution in [0.4, 0.5) is 11.4 Å². The second-order valence-corrected chi connectivity index (χ2v) is 5.48. The van der Waals surface area contributed by atoms with Crippen LogP contribution in [0, 0.1) is 10.1 Å². The second kappa shape index (κ2) is 7.49. The van der Waals surface area contributed by atoms with Crippen molar-refractivity contribution in [2.45, 2.75) is 0 Å². The highest BCUT2D eigenvalue weighted by molar-refractivity contribution is 7.80. The lowest BCUT2D eigenvalue weighted by atomic mass is 10.2. The number of aromatic hydroxyl groups is 1. The Bertz CT molecular complexity index is 1030. The van der Waals surface area contributed by atoms with Gasteiger partial charge in [-0.1, -0.05) is 18.2 Å². The summed E-state index contributed by atoms with van der Waals surface area (Å²) in [6, 6.07) is 13.1. The molecule has 0 amide bonds. The SMILES string of the molecule is O=[N+]([O-])c1ccc(C=NNC(=S)N=Nc2c(O)[nH]c3ccccc23)cc1. The van der Waals surface area contributed by atoms with Gasteiger partial charge in [0.1, 0.15) is 0 Å². The van der Waals surface area contributed by atoms with E-state index < -0.39 is 4.92 Å². The Morgan fingerprint density at radius 3 is 2.69 bits per heavy atom. The first-order chi connectivity index (χ1) is 12.5. The fraction of sp³-hybridized carbons (Fsp3) is 0. The number of azo groups is 1. The molecule has 26 heavy (non-hydrogen) atoms. The van der Waals surface area contributed by atoms with Crippen LogP contribution in [0.3, 0.4) is 0 Å². The summed E-state index contributed by atoms with van der Waals surface area (Å²) in [4.78, 5) is 12.9. The Hall–Kier alpha value is -3.66. The number of aromatic amines is 1. The second-order valence-electron chi connectivity index (χ2n) is 5.09. The van der Waals surface area contributed by atoms with Gasteiger partial charge in [0.05, 0.1) is 16.7 Å². The number of hydrogen-bond donors (Lipinski definition) is 3. The van der Waals surface area contributed by atoms with E-state index in [9.17, 15) is 15.2 Å². The van der Waals surface area contributed by atoms with Gasteiger partial charge in [-0.3, -0.25) is 15.5 Å². The van der Waals surface area contributed by atoms with E-state index in [2.05, 4.69) is 25.7 Å². The minimum Gasteiger partial charge on any atom is -0.493 e. The number of nitrogens with one attached hydrogen (secondary N) is 2. The Kier molecular flexibility index (Phi) is 4.94. The van der Waals surface area contributed by atoms with Crippen LogP contribution in [0.15, 0.2) is 63.9 Å². The third-order valence-electron chi connectivity index (χ3n) is 3.38. The van der Waals surface area contributed by atoms with Crippen molar-refractivity contribution >= 4 is 45.8 Å². The van der Waals surface area contributed by atoms with Crippen molar-refractivity contribution in [3.63, 3.8) is 0 Å². The van der Waals surface area contributed by atoms with Crippen LogP contribution in [0.1, 0.15) is 5.56 Å². The van der Waals surface area contributed by atoms with Crippen LogP contribution in [0.5, 0.6) is 5.88 Å². The van der Waals surface area contributed by atoms with Gasteiger partial charge in [0.15, 0.2) is 5.69 Å². The predicted molar refractivity (Wildman–Crippen MR) is 101 cm³/mol. The molecule has 0 radical (unpaired) electrons. The Morgan fingerprint density at radius 1 is 1.23 bits per heavy atom. The predicted octanol–water partition coefficient (Wildman–Crippen LogP) is 3.77. The number of aromatic nitrogens is 1. The lowest BCUT2D eigenvalue weighted by molar-refractivity contribution is -0.384. The van der Waals surface area contributed by atoms with E-state index in [1.165, 1.54) is 18.3 Å². The van der Waals surface area contributed by atoms with Crippen LogP contribution >= 0.6 is 12.2 Å². The number of non-ortho nitro benzene ring substituents is 1. The van der Waals surface area contributed by atoms with Gasteiger partial charge in [0.25, 0.3) is 5.69 Å². The van der Waals surface area contributed by atoms with Crippen LogP contribution in [-0.2, 0) is 0 Å². The Labute approximate surface area is 152 Å². The maximum Gasteiger partial charge on any atom is 0.269 e. The third kappa shape index (κ3) is 3.87. The number of hydrogen-bond acceptors (Lipinski definition) is 6. The van der Waals surface area contributed by atoms with E-state index in [0.717, 1.165) is 5.52 Å². The number of H-pyrrole nitrogens is 1. The first-order valence-corrected chi connectivity index (χ1v) is 7.74. The smallest absolute Gasteiger partial charge is 0.269 e. The van der Waals surface area contributed by atoms with Gasteiger partial charge < -0.3 is 10.1 Å². The molecule has 0 aliphatic carbocycles. The zero-order valence-electron chi connectivity index (χ0n) is 13.2. The number of para-hydroxylation sites is 1. The molecule has 10 heteroatoms. The topological polar surface area (TPSA) is 128 Å². The summed E-state index contributed by atoms with van der Waals surface area (Å²) in [7, 11) is 0. The van der Waals surface area contributed by atoms with Gasteiger partial charge in [0.2, 0.25) is 11.0 Å². The fourth-order valence-corrected chi connectivity index (χ4v) is 2.27. The minimum absolute atomic E-state index is 0.00188. The molecule has 3 rings (SSSR count). The zero-order chi connectivity index (χ0) is 18.5. The van der Waals surface area contributed by atoms with Crippen LogP contribution in [-0.4, -0.2) is 26.3 Å². The molecule has 9 nitrogen and oxygen atoms in total. The largest absolute Gasteiger partial charge is 0.493 e. The number of nitro benzene ring substituents is 1. The number of hydrazone groups is 1. The number of nitrogens with zero attached hydrogens (tertiary/aromatic N) is 4. The highest BCUT2D eigenvalue weighted by atomic mass is 32.1. The molecular formula is C16H12N6O3S. The molecule has 0 spiro atoms. The summed E-state index contributed by atoms with van der Waals surface area (Å²) in [6.45, 7) is 0. The molecule has 1 aromatic heterocycles. The summed E-state index contributed by atoms with van der Waals surface area (Å²) < 4.78 is 0. The third-order valence-corrected chi connectivity index (χ3v) is 3.55. The van der Waals surface area contributed by atoms with Gasteiger partial charge in [-0.15, -0.1) is 10.2 Å². The summed E-state index contributed by atoms with van der Waals surface area (Å²) in [5.41, 5.74) is 4.17. The molecule has 130 valence electrons. The molecule has 3 N–H and O–H groups in total. The molecule has 0 saturated heterocycles. The number of benzene rings is 2. The van der Waals surface area contributed by atoms with Crippen molar-refractivity contribution in [1.29, 1.82) is 0 Å². The summed E-state index contributed by atoms with van der Waals surface area (Å²) >= 11 is 5.00. The Balaban J connectivity index is 1.64. The van der Waals surface area contributed by atoms with Gasteiger partial charge in [-0.25, -0.2) is 0 Å². The van der Waals surface area contributed by atoms with Gasteiger partial charge >= 0.3 is 0 Å². The van der Waals surface area contributed by atoms with Crippen LogP contribution in [0.2, 0.25) is 0 Å². The lowest BCUT2D eigenvalue weighted by Crippen LogP contribution is -2.11. The zero-order valence-corrected chi connectivity index (χ0v) is 14.0. The lowest BCUT2D eigenvalue weighted by Gasteiger charge is -1.96. The average Bonchev–Trinajstić information content (AvgIpc) is 2.95. The first kappa shape index (κ1) is 17.2. The number of nitro groups is 1. The molecule has 0 unspecified atom stereocenters. The number of fused-ring (bicyclic) bond motifs is 1. The van der Waals surface area contributed by atoms with Gasteiger partial charge in [-0.2, -0.15) is 5.10 Å². The Morgan fingerprint density at radius 2 is 1.96 bits per heavy atom. The summed E-state index contributed by atoms with van der Waals surface area (Å²) in [5, 5.41) is 32.8. The van der Waals surface area contributed by atoms with Crippen molar-refractivity contribution < 1.29 is 10.0 Å². The van der Waals surface area contributed by atoms with E-state index >= 15 is 0 Å². The summed E-state index contributed by atoms with van der Waals surface area (Å²) in [6.07, 6.45) is 1.44. The van der Waals surface area contributed by atoms with Crippen LogP contribution < -0.4 is 5.43 Å². The fourth-order valence-electron chi connectivity index (χ4n) is 2.18. The molecule has 0 saturated carbocycles. The normalized spacial score (nSPS) is 11.4. The maximum atomic E-state index is 10.6. The monoisotopic (exact) mass is 368 g/mol. The van der Waals surface area contributed by atoms with Crippen molar-refractivity contribution in [3.05, 3.63) is 64.2 Å². The molecule has 0 aliphatic heterocycles. The molecule has 0 atom stereocenters. The highest BCUT2D eigenvalue weighted by Gasteiger charge is 2.09. The van der Waals surface area contributed by atoms with Crippen LogP contribution in [0.25, 0.3) is 10.9 Å². The molecule has 0 fully saturated rings. The molecule has 0 aliphatic rings. The molecule has 1 heterocycles. The summed E-state index contributed by atoms with van der Waals surface area (Å²) in [5.74, 6) is -0.105. The number of thiocarbonyl (C=S) groups is 1. The molecular weight excluding hydrogens is 356 g/mol. The quantitative estimate of drug-likeness (QED) is 0.212. The molecule has 3 aromatic rings. The van der Waals surface area contributed by atoms with E-state index in [4.69, 9.17) is 12.2 Å². The molecule has 2 aromatic carbocycles. The van der Waals surface area contributed by atoms with E-state index in [0.29, 0.717) is 10.9 Å². The van der Waals surface area contributed by atoms with E-state index in [1.807, 2.05) is 12.1 Å². The van der Waals surface area contributed by atoms with Crippen molar-refractivity contribution in [3.8, 4) is 5.88 Å². The van der Waals surface area contributed by atoms with Crippen molar-refractivity contribution in [2.75, 3.05) is 0 Å². The van der Waals surface area contributed by atoms with E-state index in [-0.39, 0.29) is 22.4 Å². The average molecular weight is 368 g/mol. The van der Waals surface area contributed by atoms with E-state index in [1.54, 1.807) is 24.3 Å². The van der Waals surface area contributed by atoms with Crippen molar-refractivity contribution in [1.82, 2.24) is 10.4 Å². The van der Waals surface area contributed by atoms with Crippen molar-refractivity contribution in [2.24, 2.45) is 15.3 Å². The number of rotatable bonds is 4. The van der Waals surface area contributed by atoms with Gasteiger partial charge in [0, 0.05) is 17.5 Å². The molecule has 0 bridgehead atoms. The first-order valence-electron chi connectivity index (χ1n) is 7.33. The van der Waals surface area contributed by atoms with Gasteiger partial charge in [-0.05, 0) is 36.0 Å².